The third kappa shape index (κ3) is 6.23. The summed E-state index contributed by atoms with van der Waals surface area (Å²) in [4.78, 5) is 49.6. The third-order valence-corrected chi connectivity index (χ3v) is 6.07. The smallest absolute Gasteiger partial charge is 0.325 e. The molecule has 172 valence electrons. The second-order valence-corrected chi connectivity index (χ2v) is 9.09. The molecule has 2 aromatic rings. The van der Waals surface area contributed by atoms with Gasteiger partial charge in [0.05, 0.1) is 12.0 Å². The van der Waals surface area contributed by atoms with Gasteiger partial charge in [-0.2, -0.15) is 0 Å². The van der Waals surface area contributed by atoms with Crippen LogP contribution in [0.5, 0.6) is 5.75 Å². The van der Waals surface area contributed by atoms with Gasteiger partial charge in [-0.05, 0) is 67.1 Å². The Morgan fingerprint density at radius 1 is 1.15 bits per heavy atom. The highest BCUT2D eigenvalue weighted by molar-refractivity contribution is 9.10. The van der Waals surface area contributed by atoms with Crippen molar-refractivity contribution in [2.75, 3.05) is 25.6 Å². The van der Waals surface area contributed by atoms with Gasteiger partial charge in [0.2, 0.25) is 0 Å². The average molecular weight is 533 g/mol. The van der Waals surface area contributed by atoms with Crippen LogP contribution >= 0.6 is 27.7 Å². The Balaban J connectivity index is 1.75. The van der Waals surface area contributed by atoms with Gasteiger partial charge in [0, 0.05) is 15.7 Å². The van der Waals surface area contributed by atoms with Crippen LogP contribution in [0.25, 0.3) is 6.08 Å². The van der Waals surface area contributed by atoms with Crippen LogP contribution in [0.4, 0.5) is 10.5 Å². The molecular weight excluding hydrogens is 512 g/mol. The van der Waals surface area contributed by atoms with E-state index in [0.717, 1.165) is 20.5 Å². The van der Waals surface area contributed by atoms with Gasteiger partial charge in [0.1, 0.15) is 12.3 Å². The molecule has 0 aliphatic carbocycles. The van der Waals surface area contributed by atoms with Gasteiger partial charge in [-0.15, -0.1) is 0 Å². The number of aryl methyl sites for hydroxylation is 2. The Morgan fingerprint density at radius 2 is 1.91 bits per heavy atom. The van der Waals surface area contributed by atoms with Crippen LogP contribution in [0.15, 0.2) is 45.8 Å². The summed E-state index contributed by atoms with van der Waals surface area (Å²) in [7, 11) is 1.18. The molecule has 1 heterocycles. The van der Waals surface area contributed by atoms with Crippen molar-refractivity contribution in [3.05, 3.63) is 62.5 Å². The zero-order chi connectivity index (χ0) is 24.1. The quantitative estimate of drug-likeness (QED) is 0.419. The molecule has 1 aliphatic rings. The van der Waals surface area contributed by atoms with Crippen molar-refractivity contribution in [3.8, 4) is 5.75 Å². The highest BCUT2D eigenvalue weighted by Gasteiger charge is 2.36. The van der Waals surface area contributed by atoms with E-state index < -0.39 is 23.7 Å². The Labute approximate surface area is 203 Å². The summed E-state index contributed by atoms with van der Waals surface area (Å²) in [6.07, 6.45) is 1.49. The van der Waals surface area contributed by atoms with Crippen molar-refractivity contribution >= 4 is 62.5 Å². The molecule has 1 saturated heterocycles. The van der Waals surface area contributed by atoms with E-state index in [4.69, 9.17) is 4.74 Å². The number of methoxy groups -OCH3 is 1. The molecule has 0 spiro atoms. The summed E-state index contributed by atoms with van der Waals surface area (Å²) >= 11 is 4.08. The largest absolute Gasteiger partial charge is 0.483 e. The number of nitrogens with zero attached hydrogens (tertiary/aromatic N) is 1. The molecule has 33 heavy (non-hydrogen) atoms. The molecule has 0 bridgehead atoms. The first-order valence-electron chi connectivity index (χ1n) is 9.79. The Morgan fingerprint density at radius 3 is 2.64 bits per heavy atom. The molecule has 3 amide bonds. The molecule has 0 saturated carbocycles. The lowest BCUT2D eigenvalue weighted by Gasteiger charge is -2.12. The number of thioether (sulfide) groups is 1. The molecule has 1 aliphatic heterocycles. The lowest BCUT2D eigenvalue weighted by Crippen LogP contribution is -2.34. The van der Waals surface area contributed by atoms with Crippen molar-refractivity contribution in [3.63, 3.8) is 0 Å². The van der Waals surface area contributed by atoms with Crippen molar-refractivity contribution in [1.29, 1.82) is 0 Å². The average Bonchev–Trinajstić information content (AvgIpc) is 3.03. The van der Waals surface area contributed by atoms with Crippen LogP contribution in [0.2, 0.25) is 0 Å². The molecular formula is C23H21BrN2O6S. The molecule has 1 fully saturated rings. The van der Waals surface area contributed by atoms with E-state index in [0.29, 0.717) is 28.8 Å². The molecule has 1 N–H and O–H groups in total. The molecule has 8 nitrogen and oxygen atoms in total. The summed E-state index contributed by atoms with van der Waals surface area (Å²) in [6, 6.07) is 10.8. The molecule has 2 aromatic carbocycles. The minimum absolute atomic E-state index is 0.131. The number of hydrogen-bond donors (Lipinski definition) is 1. The van der Waals surface area contributed by atoms with Crippen molar-refractivity contribution in [1.82, 2.24) is 4.90 Å². The maximum Gasteiger partial charge on any atom is 0.325 e. The van der Waals surface area contributed by atoms with Crippen molar-refractivity contribution in [2.24, 2.45) is 0 Å². The number of carbonyl (C=O) groups excluding carboxylic acids is 4. The van der Waals surface area contributed by atoms with Gasteiger partial charge in [-0.1, -0.05) is 28.1 Å². The van der Waals surface area contributed by atoms with E-state index in [1.807, 2.05) is 32.0 Å². The Hall–Kier alpha value is -3.11. The first-order chi connectivity index (χ1) is 15.7. The van der Waals surface area contributed by atoms with Crippen LogP contribution in [-0.4, -0.2) is 48.2 Å². The lowest BCUT2D eigenvalue weighted by molar-refractivity contribution is -0.143. The minimum Gasteiger partial charge on any atom is -0.483 e. The summed E-state index contributed by atoms with van der Waals surface area (Å²) in [5.74, 6) is -1.28. The highest BCUT2D eigenvalue weighted by atomic mass is 79.9. The molecule has 0 unspecified atom stereocenters. The van der Waals surface area contributed by atoms with Gasteiger partial charge in [-0.3, -0.25) is 24.1 Å². The maximum atomic E-state index is 12.6. The number of amides is 3. The fourth-order valence-electron chi connectivity index (χ4n) is 2.93. The van der Waals surface area contributed by atoms with E-state index in [2.05, 4.69) is 26.0 Å². The molecule has 0 radical (unpaired) electrons. The standard InChI is InChI=1S/C23H21BrN2O6S/c1-13-4-5-14(2)17(8-13)25-20(27)12-32-18-7-6-16(24)9-15(18)10-19-22(29)26(23(30)33-19)11-21(28)31-3/h4-10H,11-12H2,1-3H3,(H,25,27)/b19-10-. The Bertz CT molecular complexity index is 1160. The number of anilines is 1. The second kappa shape index (κ2) is 10.7. The van der Waals surface area contributed by atoms with Gasteiger partial charge in [0.15, 0.2) is 6.61 Å². The normalized spacial score (nSPS) is 14.5. The number of ether oxygens (including phenoxy) is 2. The summed E-state index contributed by atoms with van der Waals surface area (Å²) in [6.45, 7) is 3.13. The number of nitrogens with one attached hydrogen (secondary N) is 1. The SMILES string of the molecule is COC(=O)CN1C(=O)S/C(=C\c2cc(Br)ccc2OCC(=O)Nc2cc(C)ccc2C)C1=O. The summed E-state index contributed by atoms with van der Waals surface area (Å²) in [5.41, 5.74) is 3.15. The van der Waals surface area contributed by atoms with Crippen LogP contribution in [-0.2, 0) is 19.1 Å². The Kier molecular flexibility index (Phi) is 7.93. The predicted octanol–water partition coefficient (Wildman–Crippen LogP) is 4.29. The zero-order valence-electron chi connectivity index (χ0n) is 18.1. The van der Waals surface area contributed by atoms with Gasteiger partial charge in [-0.25, -0.2) is 0 Å². The van der Waals surface area contributed by atoms with E-state index in [1.54, 1.807) is 18.2 Å². The fraction of sp³-hybridized carbons (Fsp3) is 0.217. The molecule has 0 atom stereocenters. The third-order valence-electron chi connectivity index (χ3n) is 4.67. The monoisotopic (exact) mass is 532 g/mol. The molecule has 3 rings (SSSR count). The number of benzene rings is 2. The molecule has 0 aromatic heterocycles. The van der Waals surface area contributed by atoms with Crippen LogP contribution in [0.1, 0.15) is 16.7 Å². The van der Waals surface area contributed by atoms with Gasteiger partial charge >= 0.3 is 5.97 Å². The number of halogens is 1. The van der Waals surface area contributed by atoms with Crippen molar-refractivity contribution in [2.45, 2.75) is 13.8 Å². The van der Waals surface area contributed by atoms with E-state index in [1.165, 1.54) is 13.2 Å². The minimum atomic E-state index is -0.695. The number of esters is 1. The van der Waals surface area contributed by atoms with Crippen LogP contribution in [0, 0.1) is 13.8 Å². The van der Waals surface area contributed by atoms with E-state index >= 15 is 0 Å². The number of hydrogen-bond acceptors (Lipinski definition) is 7. The number of imide groups is 1. The fourth-order valence-corrected chi connectivity index (χ4v) is 4.14. The van der Waals surface area contributed by atoms with E-state index in [-0.39, 0.29) is 17.4 Å². The van der Waals surface area contributed by atoms with E-state index in [9.17, 15) is 19.2 Å². The lowest BCUT2D eigenvalue weighted by atomic mass is 10.1. The second-order valence-electron chi connectivity index (χ2n) is 7.18. The highest BCUT2D eigenvalue weighted by Crippen LogP contribution is 2.34. The number of carbonyl (C=O) groups is 4. The van der Waals surface area contributed by atoms with Gasteiger partial charge in [0.25, 0.3) is 17.1 Å². The van der Waals surface area contributed by atoms with Gasteiger partial charge < -0.3 is 14.8 Å². The summed E-state index contributed by atoms with van der Waals surface area (Å²) < 4.78 is 11.0. The van der Waals surface area contributed by atoms with Crippen LogP contribution in [0.3, 0.4) is 0 Å². The van der Waals surface area contributed by atoms with Crippen molar-refractivity contribution < 1.29 is 28.7 Å². The van der Waals surface area contributed by atoms with Crippen LogP contribution < -0.4 is 10.1 Å². The maximum absolute atomic E-state index is 12.6. The summed E-state index contributed by atoms with van der Waals surface area (Å²) in [5, 5.41) is 2.26. The predicted molar refractivity (Wildman–Crippen MR) is 129 cm³/mol. The first-order valence-corrected chi connectivity index (χ1v) is 11.4. The number of rotatable bonds is 7. The topological polar surface area (TPSA) is 102 Å². The first kappa shape index (κ1) is 24.5. The zero-order valence-corrected chi connectivity index (χ0v) is 20.5. The molecule has 10 heteroatoms.